The van der Waals surface area contributed by atoms with E-state index in [1.165, 1.54) is 6.07 Å². The van der Waals surface area contributed by atoms with Gasteiger partial charge >= 0.3 is 5.97 Å². The van der Waals surface area contributed by atoms with Crippen molar-refractivity contribution in [2.24, 2.45) is 0 Å². The number of para-hydroxylation sites is 1. The summed E-state index contributed by atoms with van der Waals surface area (Å²) in [4.78, 5) is 38.9. The quantitative estimate of drug-likeness (QED) is 0.524. The van der Waals surface area contributed by atoms with Crippen LogP contribution in [0.1, 0.15) is 34.3 Å². The molecular weight excluding hydrogens is 322 g/mol. The molecule has 1 heterocycles. The van der Waals surface area contributed by atoms with Crippen LogP contribution in [0.4, 0.5) is 0 Å². The third-order valence-corrected chi connectivity index (χ3v) is 4.10. The summed E-state index contributed by atoms with van der Waals surface area (Å²) in [5, 5.41) is 9.93. The normalized spacial score (nSPS) is 16.5. The largest absolute Gasteiger partial charge is 0.508 e. The molecule has 6 nitrogen and oxygen atoms in total. The first-order chi connectivity index (χ1) is 12.0. The lowest BCUT2D eigenvalue weighted by Gasteiger charge is -2.31. The first-order valence-electron chi connectivity index (χ1n) is 7.92. The summed E-state index contributed by atoms with van der Waals surface area (Å²) in [6, 6.07) is 13.0. The Morgan fingerprint density at radius 3 is 2.52 bits per heavy atom. The average Bonchev–Trinajstić information content (AvgIpc) is 2.60. The summed E-state index contributed by atoms with van der Waals surface area (Å²) in [5.74, 6) is -3.03. The lowest BCUT2D eigenvalue weighted by molar-refractivity contribution is -0.150. The van der Waals surface area contributed by atoms with Gasteiger partial charge in [-0.15, -0.1) is 0 Å². The van der Waals surface area contributed by atoms with Crippen LogP contribution in [0.25, 0.3) is 0 Å². The molecule has 2 aromatic carbocycles. The lowest BCUT2D eigenvalue weighted by atomic mass is 9.88. The Hall–Kier alpha value is -3.15. The maximum atomic E-state index is 12.9. The van der Waals surface area contributed by atoms with Gasteiger partial charge in [0.1, 0.15) is 5.75 Å². The highest BCUT2D eigenvalue weighted by atomic mass is 16.5. The van der Waals surface area contributed by atoms with Gasteiger partial charge < -0.3 is 9.84 Å². The molecule has 2 aromatic rings. The van der Waals surface area contributed by atoms with Crippen molar-refractivity contribution in [2.45, 2.75) is 19.4 Å². The van der Waals surface area contributed by atoms with Crippen molar-refractivity contribution in [3.05, 3.63) is 65.2 Å². The van der Waals surface area contributed by atoms with Crippen LogP contribution in [-0.2, 0) is 20.9 Å². The fraction of sp³-hybridized carbons (Fsp3) is 0.211. The van der Waals surface area contributed by atoms with Crippen molar-refractivity contribution >= 4 is 17.8 Å². The third-order valence-electron chi connectivity index (χ3n) is 4.10. The molecule has 6 heteroatoms. The number of carbonyl (C=O) groups excluding carboxylic acids is 3. The smallest absolute Gasteiger partial charge is 0.323 e. The van der Waals surface area contributed by atoms with Crippen LogP contribution in [0.2, 0.25) is 0 Å². The molecule has 1 atom stereocenters. The van der Waals surface area contributed by atoms with E-state index in [4.69, 9.17) is 4.74 Å². The fourth-order valence-corrected chi connectivity index (χ4v) is 2.90. The van der Waals surface area contributed by atoms with E-state index in [9.17, 15) is 19.5 Å². The van der Waals surface area contributed by atoms with Crippen molar-refractivity contribution in [1.29, 1.82) is 0 Å². The number of ether oxygens (including phenoxy) is 1. The van der Waals surface area contributed by atoms with Crippen molar-refractivity contribution in [1.82, 2.24) is 4.90 Å². The Kier molecular flexibility index (Phi) is 4.52. The molecule has 0 saturated carbocycles. The summed E-state index contributed by atoms with van der Waals surface area (Å²) in [5.41, 5.74) is 1.06. The van der Waals surface area contributed by atoms with E-state index in [0.717, 1.165) is 4.90 Å². The van der Waals surface area contributed by atoms with Crippen molar-refractivity contribution in [3.63, 3.8) is 0 Å². The van der Waals surface area contributed by atoms with E-state index in [2.05, 4.69) is 0 Å². The highest BCUT2D eigenvalue weighted by Gasteiger charge is 2.43. The predicted molar refractivity (Wildman–Crippen MR) is 88.8 cm³/mol. The number of aromatic hydroxyl groups is 1. The van der Waals surface area contributed by atoms with Gasteiger partial charge in [0.05, 0.1) is 13.2 Å². The number of benzene rings is 2. The van der Waals surface area contributed by atoms with Crippen LogP contribution in [0, 0.1) is 0 Å². The van der Waals surface area contributed by atoms with Crippen LogP contribution >= 0.6 is 0 Å². The number of amides is 2. The van der Waals surface area contributed by atoms with Crippen molar-refractivity contribution in [3.8, 4) is 5.75 Å². The van der Waals surface area contributed by atoms with Crippen LogP contribution < -0.4 is 0 Å². The number of phenols is 1. The molecule has 0 bridgehead atoms. The van der Waals surface area contributed by atoms with Crippen LogP contribution in [0.3, 0.4) is 0 Å². The highest BCUT2D eigenvalue weighted by Crippen LogP contribution is 2.32. The number of esters is 1. The number of carbonyl (C=O) groups is 3. The molecule has 2 amide bonds. The number of fused-ring (bicyclic) bond motifs is 1. The lowest BCUT2D eigenvalue weighted by Crippen LogP contribution is -2.46. The second-order valence-corrected chi connectivity index (χ2v) is 5.63. The maximum absolute atomic E-state index is 12.9. The van der Waals surface area contributed by atoms with Crippen molar-refractivity contribution < 1.29 is 24.2 Å². The zero-order chi connectivity index (χ0) is 18.0. The van der Waals surface area contributed by atoms with Crippen LogP contribution in [0.15, 0.2) is 48.5 Å². The molecule has 0 saturated heterocycles. The zero-order valence-electron chi connectivity index (χ0n) is 13.6. The minimum absolute atomic E-state index is 0.0188. The monoisotopic (exact) mass is 339 g/mol. The van der Waals surface area contributed by atoms with E-state index in [1.807, 2.05) is 0 Å². The molecule has 25 heavy (non-hydrogen) atoms. The van der Waals surface area contributed by atoms with Gasteiger partial charge in [-0.05, 0) is 24.6 Å². The second kappa shape index (κ2) is 6.76. The Morgan fingerprint density at radius 2 is 1.80 bits per heavy atom. The molecule has 1 unspecified atom stereocenters. The van der Waals surface area contributed by atoms with Gasteiger partial charge in [0.15, 0.2) is 5.92 Å². The van der Waals surface area contributed by atoms with E-state index in [-0.39, 0.29) is 24.5 Å². The van der Waals surface area contributed by atoms with Gasteiger partial charge in [0.2, 0.25) is 5.91 Å². The molecule has 1 aliphatic rings. The summed E-state index contributed by atoms with van der Waals surface area (Å²) < 4.78 is 5.02. The average molecular weight is 339 g/mol. The number of rotatable bonds is 4. The third kappa shape index (κ3) is 2.98. The minimum Gasteiger partial charge on any atom is -0.508 e. The highest BCUT2D eigenvalue weighted by molar-refractivity contribution is 6.18. The Balaban J connectivity index is 2.03. The SMILES string of the molecule is CCOC(=O)C1C(=O)N(Cc2ccccc2O)C(=O)c2ccccc21. The molecule has 0 aromatic heterocycles. The van der Waals surface area contributed by atoms with E-state index >= 15 is 0 Å². The van der Waals surface area contributed by atoms with Gasteiger partial charge in [0.25, 0.3) is 5.91 Å². The Labute approximate surface area is 144 Å². The molecule has 0 aliphatic carbocycles. The van der Waals surface area contributed by atoms with Gasteiger partial charge in [-0.1, -0.05) is 36.4 Å². The topological polar surface area (TPSA) is 83.9 Å². The van der Waals surface area contributed by atoms with Gasteiger partial charge in [-0.2, -0.15) is 0 Å². The number of phenolic OH excluding ortho intramolecular Hbond substituents is 1. The summed E-state index contributed by atoms with van der Waals surface area (Å²) in [6.07, 6.45) is 0. The van der Waals surface area contributed by atoms with Gasteiger partial charge in [-0.25, -0.2) is 0 Å². The van der Waals surface area contributed by atoms with Crippen molar-refractivity contribution in [2.75, 3.05) is 6.61 Å². The first kappa shape index (κ1) is 16.7. The van der Waals surface area contributed by atoms with Crippen LogP contribution in [-0.4, -0.2) is 34.4 Å². The molecule has 0 radical (unpaired) electrons. The fourth-order valence-electron chi connectivity index (χ4n) is 2.90. The maximum Gasteiger partial charge on any atom is 0.323 e. The van der Waals surface area contributed by atoms with Gasteiger partial charge in [0, 0.05) is 11.1 Å². The van der Waals surface area contributed by atoms with E-state index in [0.29, 0.717) is 11.1 Å². The first-order valence-corrected chi connectivity index (χ1v) is 7.92. The van der Waals surface area contributed by atoms with Crippen LogP contribution in [0.5, 0.6) is 5.75 Å². The molecule has 0 fully saturated rings. The zero-order valence-corrected chi connectivity index (χ0v) is 13.6. The molecule has 1 aliphatic heterocycles. The Morgan fingerprint density at radius 1 is 1.12 bits per heavy atom. The number of hydrogen-bond donors (Lipinski definition) is 1. The number of nitrogens with zero attached hydrogens (tertiary/aromatic N) is 1. The summed E-state index contributed by atoms with van der Waals surface area (Å²) >= 11 is 0. The molecule has 3 rings (SSSR count). The van der Waals surface area contributed by atoms with E-state index in [1.54, 1.807) is 49.4 Å². The van der Waals surface area contributed by atoms with E-state index < -0.39 is 23.7 Å². The Bertz CT molecular complexity index is 845. The van der Waals surface area contributed by atoms with Gasteiger partial charge in [-0.3, -0.25) is 19.3 Å². The molecule has 1 N–H and O–H groups in total. The number of hydrogen-bond acceptors (Lipinski definition) is 5. The standard InChI is InChI=1S/C19H17NO5/c1-2-25-19(24)16-13-8-4-5-9-14(13)17(22)20(18(16)23)11-12-7-3-6-10-15(12)21/h3-10,16,21H,2,11H2,1H3. The predicted octanol–water partition coefficient (Wildman–Crippen LogP) is 2.22. The summed E-state index contributed by atoms with van der Waals surface area (Å²) in [7, 11) is 0. The molecule has 0 spiro atoms. The number of imide groups is 1. The summed E-state index contributed by atoms with van der Waals surface area (Å²) in [6.45, 7) is 1.68. The minimum atomic E-state index is -1.18. The molecule has 128 valence electrons. The molecular formula is C19H17NO5. The second-order valence-electron chi connectivity index (χ2n) is 5.63.